The normalized spacial score (nSPS) is 11.5. The Kier molecular flexibility index (Phi) is 4.64. The molecule has 0 saturated carbocycles. The lowest BCUT2D eigenvalue weighted by Crippen LogP contribution is -2.16. The summed E-state index contributed by atoms with van der Waals surface area (Å²) >= 11 is 0. The number of hydrogen-bond donors (Lipinski definition) is 1. The van der Waals surface area contributed by atoms with E-state index in [0.29, 0.717) is 16.7 Å². The van der Waals surface area contributed by atoms with Gasteiger partial charge in [-0.05, 0) is 30.3 Å². The standard InChI is InChI=1S/C16H12F4N4O/c17-10-3-4-13-11(8-10)14(24-9-23-13)21-6-7-25-15-12(16(18,19)20)2-1-5-22-15/h1-5,8-9H,6-7H2,(H,21,23,24). The molecule has 1 aromatic carbocycles. The van der Waals surface area contributed by atoms with Crippen LogP contribution in [0.15, 0.2) is 42.9 Å². The zero-order valence-corrected chi connectivity index (χ0v) is 12.7. The van der Waals surface area contributed by atoms with Gasteiger partial charge in [-0.1, -0.05) is 0 Å². The van der Waals surface area contributed by atoms with Crippen LogP contribution in [0.25, 0.3) is 10.9 Å². The molecule has 0 aliphatic rings. The third-order valence-electron chi connectivity index (χ3n) is 3.31. The van der Waals surface area contributed by atoms with Gasteiger partial charge in [-0.25, -0.2) is 19.3 Å². The van der Waals surface area contributed by atoms with Crippen molar-refractivity contribution in [3.63, 3.8) is 0 Å². The second-order valence-electron chi connectivity index (χ2n) is 5.01. The molecule has 0 unspecified atom stereocenters. The molecule has 130 valence electrons. The van der Waals surface area contributed by atoms with Crippen molar-refractivity contribution in [2.45, 2.75) is 6.18 Å². The molecular weight excluding hydrogens is 340 g/mol. The highest BCUT2D eigenvalue weighted by Gasteiger charge is 2.34. The Morgan fingerprint density at radius 2 is 1.92 bits per heavy atom. The average Bonchev–Trinajstić information content (AvgIpc) is 2.58. The Morgan fingerprint density at radius 1 is 1.08 bits per heavy atom. The fourth-order valence-corrected chi connectivity index (χ4v) is 2.21. The fourth-order valence-electron chi connectivity index (χ4n) is 2.21. The van der Waals surface area contributed by atoms with E-state index in [1.165, 1.54) is 36.8 Å². The number of nitrogens with one attached hydrogen (secondary N) is 1. The first-order valence-electron chi connectivity index (χ1n) is 7.24. The zero-order chi connectivity index (χ0) is 17.9. The van der Waals surface area contributed by atoms with E-state index in [-0.39, 0.29) is 13.2 Å². The number of nitrogens with zero attached hydrogens (tertiary/aromatic N) is 3. The highest BCUT2D eigenvalue weighted by Crippen LogP contribution is 2.34. The van der Waals surface area contributed by atoms with Crippen LogP contribution in [0, 0.1) is 5.82 Å². The maximum Gasteiger partial charge on any atom is 0.421 e. The van der Waals surface area contributed by atoms with E-state index in [1.807, 2.05) is 0 Å². The molecule has 0 fully saturated rings. The number of pyridine rings is 1. The Bertz CT molecular complexity index is 885. The smallest absolute Gasteiger partial charge is 0.421 e. The van der Waals surface area contributed by atoms with E-state index in [2.05, 4.69) is 20.3 Å². The third kappa shape index (κ3) is 3.93. The van der Waals surface area contributed by atoms with E-state index in [1.54, 1.807) is 0 Å². The summed E-state index contributed by atoms with van der Waals surface area (Å²) in [6.45, 7) is 0.0669. The van der Waals surface area contributed by atoms with Crippen molar-refractivity contribution in [3.05, 3.63) is 54.2 Å². The summed E-state index contributed by atoms with van der Waals surface area (Å²) in [7, 11) is 0. The van der Waals surface area contributed by atoms with E-state index in [4.69, 9.17) is 4.74 Å². The Balaban J connectivity index is 1.66. The van der Waals surface area contributed by atoms with Crippen molar-refractivity contribution in [3.8, 4) is 5.88 Å². The van der Waals surface area contributed by atoms with Crippen LogP contribution in [-0.4, -0.2) is 28.1 Å². The molecule has 9 heteroatoms. The van der Waals surface area contributed by atoms with Gasteiger partial charge < -0.3 is 10.1 Å². The molecule has 2 aromatic heterocycles. The first kappa shape index (κ1) is 16.9. The summed E-state index contributed by atoms with van der Waals surface area (Å²) in [6.07, 6.45) is -2.01. The van der Waals surface area contributed by atoms with Gasteiger partial charge in [-0.2, -0.15) is 13.2 Å². The SMILES string of the molecule is Fc1ccc2ncnc(NCCOc3ncccc3C(F)(F)F)c2c1. The highest BCUT2D eigenvalue weighted by atomic mass is 19.4. The molecule has 2 heterocycles. The Labute approximate surface area is 139 Å². The van der Waals surface area contributed by atoms with Crippen molar-refractivity contribution in [1.29, 1.82) is 0 Å². The minimum Gasteiger partial charge on any atom is -0.475 e. The van der Waals surface area contributed by atoms with E-state index >= 15 is 0 Å². The molecule has 0 spiro atoms. The van der Waals surface area contributed by atoms with Crippen LogP contribution in [-0.2, 0) is 6.18 Å². The molecule has 25 heavy (non-hydrogen) atoms. The van der Waals surface area contributed by atoms with Crippen LogP contribution >= 0.6 is 0 Å². The van der Waals surface area contributed by atoms with Gasteiger partial charge in [-0.3, -0.25) is 0 Å². The topological polar surface area (TPSA) is 59.9 Å². The Morgan fingerprint density at radius 3 is 2.72 bits per heavy atom. The lowest BCUT2D eigenvalue weighted by atomic mass is 10.2. The predicted octanol–water partition coefficient (Wildman–Crippen LogP) is 3.67. The molecule has 0 amide bonds. The van der Waals surface area contributed by atoms with Gasteiger partial charge in [0.1, 0.15) is 30.1 Å². The Hall–Kier alpha value is -2.97. The number of rotatable bonds is 5. The van der Waals surface area contributed by atoms with Gasteiger partial charge in [0.05, 0.1) is 12.1 Å². The van der Waals surface area contributed by atoms with Crippen LogP contribution in [0.4, 0.5) is 23.4 Å². The maximum absolute atomic E-state index is 13.4. The molecule has 0 atom stereocenters. The van der Waals surface area contributed by atoms with Gasteiger partial charge in [0.2, 0.25) is 5.88 Å². The van der Waals surface area contributed by atoms with Crippen LogP contribution in [0.3, 0.4) is 0 Å². The second kappa shape index (κ2) is 6.88. The molecule has 1 N–H and O–H groups in total. The van der Waals surface area contributed by atoms with Crippen LogP contribution in [0.5, 0.6) is 5.88 Å². The monoisotopic (exact) mass is 352 g/mol. The molecule has 0 aliphatic heterocycles. The number of ether oxygens (including phenoxy) is 1. The molecule has 3 rings (SSSR count). The van der Waals surface area contributed by atoms with Crippen molar-refractivity contribution < 1.29 is 22.3 Å². The van der Waals surface area contributed by atoms with Gasteiger partial charge in [0.15, 0.2) is 0 Å². The van der Waals surface area contributed by atoms with Crippen LogP contribution < -0.4 is 10.1 Å². The molecule has 0 radical (unpaired) electrons. The van der Waals surface area contributed by atoms with Crippen molar-refractivity contribution in [2.24, 2.45) is 0 Å². The van der Waals surface area contributed by atoms with Gasteiger partial charge >= 0.3 is 6.18 Å². The number of aromatic nitrogens is 3. The fraction of sp³-hybridized carbons (Fsp3) is 0.188. The van der Waals surface area contributed by atoms with E-state index in [9.17, 15) is 17.6 Å². The van der Waals surface area contributed by atoms with Gasteiger partial charge in [0.25, 0.3) is 0 Å². The second-order valence-corrected chi connectivity index (χ2v) is 5.01. The van der Waals surface area contributed by atoms with Gasteiger partial charge in [-0.15, -0.1) is 0 Å². The summed E-state index contributed by atoms with van der Waals surface area (Å²) in [4.78, 5) is 11.6. The zero-order valence-electron chi connectivity index (χ0n) is 12.7. The summed E-state index contributed by atoms with van der Waals surface area (Å²) < 4.78 is 57.0. The largest absolute Gasteiger partial charge is 0.475 e. The summed E-state index contributed by atoms with van der Waals surface area (Å²) in [6, 6.07) is 6.16. The van der Waals surface area contributed by atoms with Crippen molar-refractivity contribution >= 4 is 16.7 Å². The summed E-state index contributed by atoms with van der Waals surface area (Å²) in [5, 5.41) is 3.36. The number of hydrogen-bond acceptors (Lipinski definition) is 5. The predicted molar refractivity (Wildman–Crippen MR) is 82.7 cm³/mol. The first-order chi connectivity index (χ1) is 11.9. The van der Waals surface area contributed by atoms with Gasteiger partial charge in [0, 0.05) is 11.6 Å². The molecule has 3 aromatic rings. The number of anilines is 1. The number of alkyl halides is 3. The van der Waals surface area contributed by atoms with Crippen molar-refractivity contribution in [1.82, 2.24) is 15.0 Å². The van der Waals surface area contributed by atoms with E-state index in [0.717, 1.165) is 6.07 Å². The lowest BCUT2D eigenvalue weighted by Gasteiger charge is -2.13. The van der Waals surface area contributed by atoms with Crippen molar-refractivity contribution in [2.75, 3.05) is 18.5 Å². The molecule has 0 bridgehead atoms. The van der Waals surface area contributed by atoms with Crippen LogP contribution in [0.1, 0.15) is 5.56 Å². The number of halogens is 4. The minimum absolute atomic E-state index is 0.0824. The van der Waals surface area contributed by atoms with Crippen LogP contribution in [0.2, 0.25) is 0 Å². The molecule has 0 saturated heterocycles. The summed E-state index contributed by atoms with van der Waals surface area (Å²) in [5.74, 6) is -0.564. The lowest BCUT2D eigenvalue weighted by molar-refractivity contribution is -0.139. The highest BCUT2D eigenvalue weighted by molar-refractivity contribution is 5.88. The quantitative estimate of drug-likeness (QED) is 0.561. The molecule has 0 aliphatic carbocycles. The maximum atomic E-state index is 13.4. The summed E-state index contributed by atoms with van der Waals surface area (Å²) in [5.41, 5.74) is -0.395. The van der Waals surface area contributed by atoms with E-state index < -0.39 is 23.4 Å². The third-order valence-corrected chi connectivity index (χ3v) is 3.31. The number of fused-ring (bicyclic) bond motifs is 1. The molecular formula is C16H12F4N4O. The number of benzene rings is 1. The minimum atomic E-state index is -4.54. The molecule has 5 nitrogen and oxygen atoms in total. The first-order valence-corrected chi connectivity index (χ1v) is 7.24. The average molecular weight is 352 g/mol.